The van der Waals surface area contributed by atoms with E-state index in [2.05, 4.69) is 0 Å². The van der Waals surface area contributed by atoms with Crippen molar-refractivity contribution in [3.8, 4) is 5.75 Å². The number of hydrogen-bond donors (Lipinski definition) is 1. The zero-order valence-electron chi connectivity index (χ0n) is 7.56. The third-order valence-electron chi connectivity index (χ3n) is 1.73. The van der Waals surface area contributed by atoms with E-state index in [0.29, 0.717) is 0 Å². The molecule has 1 radical (unpaired) electrons. The second-order valence-corrected chi connectivity index (χ2v) is 4.17. The van der Waals surface area contributed by atoms with Gasteiger partial charge in [0.25, 0.3) is 0 Å². The van der Waals surface area contributed by atoms with E-state index in [-0.39, 0.29) is 16.2 Å². The van der Waals surface area contributed by atoms with Crippen molar-refractivity contribution >= 4 is 10.0 Å². The van der Waals surface area contributed by atoms with Crippen LogP contribution in [0.4, 0.5) is 0 Å². The van der Waals surface area contributed by atoms with Gasteiger partial charge >= 0.3 is 0 Å². The summed E-state index contributed by atoms with van der Waals surface area (Å²) < 4.78 is 27.0. The molecule has 0 amide bonds. The van der Waals surface area contributed by atoms with Gasteiger partial charge in [-0.3, -0.25) is 0 Å². The van der Waals surface area contributed by atoms with Crippen LogP contribution in [0.25, 0.3) is 0 Å². The molecule has 5 nitrogen and oxygen atoms in total. The van der Waals surface area contributed by atoms with Gasteiger partial charge in [0.1, 0.15) is 17.3 Å². The maximum atomic E-state index is 11.1. The predicted octanol–water partition coefficient (Wildman–Crippen LogP) is 0.273. The fourth-order valence-corrected chi connectivity index (χ4v) is 1.87. The van der Waals surface area contributed by atoms with Gasteiger partial charge in [-0.25, -0.2) is 18.7 Å². The molecule has 1 aromatic carbocycles. The van der Waals surface area contributed by atoms with Crippen molar-refractivity contribution in [2.45, 2.75) is 11.5 Å². The van der Waals surface area contributed by atoms with E-state index < -0.39 is 16.6 Å². The standard InChI is InChI=1S/C8H10NO4S/c1-13-8-6(5-10)3-2-4-7(8)14(9,11)12/h2-4H,5H2,1H3,(H2,9,11,12). The fraction of sp³-hybridized carbons (Fsp3) is 0.250. The molecule has 0 bridgehead atoms. The van der Waals surface area contributed by atoms with Gasteiger partial charge in [-0.05, 0) is 6.07 Å². The van der Waals surface area contributed by atoms with Gasteiger partial charge in [0.15, 0.2) is 0 Å². The van der Waals surface area contributed by atoms with Crippen molar-refractivity contribution in [2.24, 2.45) is 5.14 Å². The highest BCUT2D eigenvalue weighted by molar-refractivity contribution is 7.89. The summed E-state index contributed by atoms with van der Waals surface area (Å²) in [5.41, 5.74) is 0.277. The van der Waals surface area contributed by atoms with Crippen molar-refractivity contribution in [3.63, 3.8) is 0 Å². The topological polar surface area (TPSA) is 89.3 Å². The van der Waals surface area contributed by atoms with Gasteiger partial charge in [-0.2, -0.15) is 0 Å². The molecule has 0 aliphatic rings. The SMILES string of the molecule is COc1c(C[O])cccc1S(N)(=O)=O. The molecule has 0 saturated carbocycles. The molecule has 0 aliphatic carbocycles. The van der Waals surface area contributed by atoms with Crippen LogP contribution in [0, 0.1) is 0 Å². The second-order valence-electron chi connectivity index (χ2n) is 2.64. The van der Waals surface area contributed by atoms with Crippen LogP contribution in [0.5, 0.6) is 5.75 Å². The summed E-state index contributed by atoms with van der Waals surface area (Å²) in [6.07, 6.45) is 0. The molecule has 0 fully saturated rings. The van der Waals surface area contributed by atoms with Crippen molar-refractivity contribution < 1.29 is 18.3 Å². The molecule has 0 aromatic heterocycles. The lowest BCUT2D eigenvalue weighted by molar-refractivity contribution is 0.173. The summed E-state index contributed by atoms with van der Waals surface area (Å²) in [4.78, 5) is -0.159. The minimum absolute atomic E-state index is 0.0324. The Labute approximate surface area is 82.2 Å². The molecule has 0 aliphatic heterocycles. The first-order valence-electron chi connectivity index (χ1n) is 3.77. The molecule has 6 heteroatoms. The Bertz CT molecular complexity index is 427. The quantitative estimate of drug-likeness (QED) is 0.786. The maximum Gasteiger partial charge on any atom is 0.241 e. The lowest BCUT2D eigenvalue weighted by atomic mass is 10.2. The van der Waals surface area contributed by atoms with Gasteiger partial charge < -0.3 is 4.74 Å². The molecule has 0 unspecified atom stereocenters. The summed E-state index contributed by atoms with van der Waals surface area (Å²) in [5.74, 6) is 0.0324. The normalized spacial score (nSPS) is 11.4. The second kappa shape index (κ2) is 3.95. The minimum Gasteiger partial charge on any atom is -0.495 e. The smallest absolute Gasteiger partial charge is 0.241 e. The van der Waals surface area contributed by atoms with Gasteiger partial charge in [0.05, 0.1) is 7.11 Å². The zero-order chi connectivity index (χ0) is 10.8. The first kappa shape index (κ1) is 11.0. The minimum atomic E-state index is -3.84. The summed E-state index contributed by atoms with van der Waals surface area (Å²) in [7, 11) is -2.55. The molecule has 2 N–H and O–H groups in total. The van der Waals surface area contributed by atoms with E-state index in [9.17, 15) is 13.5 Å². The van der Waals surface area contributed by atoms with Crippen LogP contribution < -0.4 is 9.88 Å². The summed E-state index contributed by atoms with van der Waals surface area (Å²) >= 11 is 0. The molecule has 77 valence electrons. The van der Waals surface area contributed by atoms with Crippen LogP contribution in [0.1, 0.15) is 5.56 Å². The molecular weight excluding hydrogens is 206 g/mol. The van der Waals surface area contributed by atoms with Crippen molar-refractivity contribution in [2.75, 3.05) is 7.11 Å². The van der Waals surface area contributed by atoms with E-state index in [1.165, 1.54) is 25.3 Å². The molecule has 0 saturated heterocycles. The Balaban J connectivity index is 3.45. The highest BCUT2D eigenvalue weighted by Gasteiger charge is 2.17. The zero-order valence-corrected chi connectivity index (χ0v) is 8.37. The third-order valence-corrected chi connectivity index (χ3v) is 2.66. The number of ether oxygens (including phenoxy) is 1. The summed E-state index contributed by atoms with van der Waals surface area (Å²) in [6, 6.07) is 4.25. The number of rotatable bonds is 3. The Morgan fingerprint density at radius 3 is 2.50 bits per heavy atom. The molecule has 14 heavy (non-hydrogen) atoms. The maximum absolute atomic E-state index is 11.1. The van der Waals surface area contributed by atoms with E-state index in [4.69, 9.17) is 9.88 Å². The average Bonchev–Trinajstić information content (AvgIpc) is 2.15. The van der Waals surface area contributed by atoms with Crippen LogP contribution in [0.3, 0.4) is 0 Å². The summed E-state index contributed by atoms with van der Waals surface area (Å²) in [5, 5.41) is 15.6. The predicted molar refractivity (Wildman–Crippen MR) is 48.8 cm³/mol. The number of nitrogens with two attached hydrogens (primary N) is 1. The van der Waals surface area contributed by atoms with Crippen molar-refractivity contribution in [1.82, 2.24) is 0 Å². The Morgan fingerprint density at radius 1 is 1.43 bits per heavy atom. The Kier molecular flexibility index (Phi) is 3.10. The van der Waals surface area contributed by atoms with Crippen molar-refractivity contribution in [1.29, 1.82) is 0 Å². The number of sulfonamides is 1. The van der Waals surface area contributed by atoms with Crippen LogP contribution >= 0.6 is 0 Å². The highest BCUT2D eigenvalue weighted by Crippen LogP contribution is 2.26. The van der Waals surface area contributed by atoms with Crippen LogP contribution in [0.15, 0.2) is 23.1 Å². The lowest BCUT2D eigenvalue weighted by Gasteiger charge is -2.09. The van der Waals surface area contributed by atoms with E-state index in [1.807, 2.05) is 0 Å². The number of para-hydroxylation sites is 1. The summed E-state index contributed by atoms with van der Waals surface area (Å²) in [6.45, 7) is -0.549. The Hall–Kier alpha value is -1.11. The monoisotopic (exact) mass is 216 g/mol. The number of benzene rings is 1. The molecule has 1 rings (SSSR count). The van der Waals surface area contributed by atoms with Crippen LogP contribution in [-0.2, 0) is 21.7 Å². The third kappa shape index (κ3) is 2.03. The van der Waals surface area contributed by atoms with Crippen LogP contribution in [0.2, 0.25) is 0 Å². The van der Waals surface area contributed by atoms with Gasteiger partial charge in [-0.1, -0.05) is 12.1 Å². The van der Waals surface area contributed by atoms with Crippen molar-refractivity contribution in [3.05, 3.63) is 23.8 Å². The Morgan fingerprint density at radius 2 is 2.07 bits per heavy atom. The van der Waals surface area contributed by atoms with Gasteiger partial charge in [-0.15, -0.1) is 0 Å². The van der Waals surface area contributed by atoms with E-state index >= 15 is 0 Å². The number of hydrogen-bond acceptors (Lipinski definition) is 3. The average molecular weight is 216 g/mol. The number of primary sulfonamides is 1. The van der Waals surface area contributed by atoms with Gasteiger partial charge in [0.2, 0.25) is 10.0 Å². The van der Waals surface area contributed by atoms with Gasteiger partial charge in [0, 0.05) is 5.56 Å². The number of methoxy groups -OCH3 is 1. The molecule has 0 atom stereocenters. The van der Waals surface area contributed by atoms with E-state index in [0.717, 1.165) is 0 Å². The van der Waals surface area contributed by atoms with Crippen LogP contribution in [-0.4, -0.2) is 15.5 Å². The highest BCUT2D eigenvalue weighted by atomic mass is 32.2. The molecule has 0 heterocycles. The first-order chi connectivity index (χ1) is 6.50. The largest absolute Gasteiger partial charge is 0.495 e. The molecule has 0 spiro atoms. The lowest BCUT2D eigenvalue weighted by Crippen LogP contribution is -2.14. The molecular formula is C8H10NO4S. The van der Waals surface area contributed by atoms with E-state index in [1.54, 1.807) is 0 Å². The molecule has 1 aromatic rings. The fourth-order valence-electron chi connectivity index (χ4n) is 1.13. The first-order valence-corrected chi connectivity index (χ1v) is 5.32.